The molecule has 0 amide bonds. The van der Waals surface area contributed by atoms with Gasteiger partial charge in [0.15, 0.2) is 0 Å². The highest BCUT2D eigenvalue weighted by atomic mass is 15.0. The Hall–Kier alpha value is -8.20. The number of hydrogen-bond donors (Lipinski definition) is 0. The van der Waals surface area contributed by atoms with Crippen LogP contribution in [0.5, 0.6) is 0 Å². The molecule has 0 fully saturated rings. The third-order valence-corrected chi connectivity index (χ3v) is 11.9. The molecule has 2 heteroatoms. The summed E-state index contributed by atoms with van der Waals surface area (Å²) in [6.07, 6.45) is 0. The van der Waals surface area contributed by atoms with Gasteiger partial charge < -0.3 is 9.13 Å². The van der Waals surface area contributed by atoms with Gasteiger partial charge >= 0.3 is 0 Å². The van der Waals surface area contributed by atoms with E-state index in [9.17, 15) is 19.2 Å². The number of nitrogens with zero attached hydrogens (tertiary/aromatic N) is 2. The van der Waals surface area contributed by atoms with E-state index in [1.54, 1.807) is 30.3 Å². The summed E-state index contributed by atoms with van der Waals surface area (Å²) in [6.45, 7) is 0. The summed E-state index contributed by atoms with van der Waals surface area (Å²) in [7, 11) is 0. The van der Waals surface area contributed by atoms with Crippen molar-refractivity contribution >= 4 is 43.6 Å². The first-order valence-corrected chi connectivity index (χ1v) is 19.9. The predicted molar refractivity (Wildman–Crippen MR) is 263 cm³/mol. The molecule has 1 aliphatic rings. The van der Waals surface area contributed by atoms with Crippen molar-refractivity contribution in [2.75, 3.05) is 0 Å². The van der Waals surface area contributed by atoms with E-state index in [1.807, 2.05) is 48.5 Å². The average molecular weight is 825 g/mol. The molecule has 2 aromatic heterocycles. The second-order valence-corrected chi connectivity index (χ2v) is 14.9. The first-order valence-electron chi connectivity index (χ1n) is 31.9. The Morgan fingerprint density at radius 2 is 0.810 bits per heavy atom. The Morgan fingerprint density at radius 1 is 0.333 bits per heavy atom. The highest BCUT2D eigenvalue weighted by Crippen LogP contribution is 2.56. The molecule has 13 rings (SSSR count). The molecule has 0 aliphatic heterocycles. The van der Waals surface area contributed by atoms with E-state index in [4.69, 9.17) is 13.7 Å². The van der Waals surface area contributed by atoms with Crippen LogP contribution in [0, 0.1) is 0 Å². The molecule has 1 aliphatic carbocycles. The predicted octanol–water partition coefficient (Wildman–Crippen LogP) is 15.6. The molecule has 12 aromatic rings. The molecule has 0 atom stereocenters. The molecule has 0 saturated heterocycles. The first-order chi connectivity index (χ1) is 41.3. The lowest BCUT2D eigenvalue weighted by atomic mass is 9.67. The van der Waals surface area contributed by atoms with Crippen LogP contribution < -0.4 is 0 Å². The van der Waals surface area contributed by atoms with Crippen molar-refractivity contribution in [1.29, 1.82) is 0 Å². The van der Waals surface area contributed by atoms with Gasteiger partial charge in [0.1, 0.15) is 0 Å². The number of fused-ring (bicyclic) bond motifs is 9. The van der Waals surface area contributed by atoms with Gasteiger partial charge in [-0.2, -0.15) is 0 Å². The van der Waals surface area contributed by atoms with Crippen molar-refractivity contribution in [2.24, 2.45) is 0 Å². The number of hydrogen-bond acceptors (Lipinski definition) is 0. The number of aromatic nitrogens is 2. The van der Waals surface area contributed by atoms with E-state index in [2.05, 4.69) is 0 Å². The summed E-state index contributed by atoms with van der Waals surface area (Å²) >= 11 is 0. The Bertz CT molecular complexity index is 4970. The number of rotatable bonds is 6. The minimum Gasteiger partial charge on any atom is -0.309 e. The molecule has 2 heterocycles. The van der Waals surface area contributed by atoms with Crippen molar-refractivity contribution in [3.63, 3.8) is 0 Å². The maximum Gasteiger partial charge on any atom is 0.0713 e. The summed E-state index contributed by atoms with van der Waals surface area (Å²) in [4.78, 5) is 0. The zero-order chi connectivity index (χ0) is 62.4. The number of benzene rings is 10. The average Bonchev–Trinajstić information content (AvgIpc) is 1.56. The molecule has 2 nitrogen and oxygen atoms in total. The highest BCUT2D eigenvalue weighted by Gasteiger charge is 2.46. The second-order valence-electron chi connectivity index (χ2n) is 14.9. The molecule has 63 heavy (non-hydrogen) atoms. The van der Waals surface area contributed by atoms with Crippen molar-refractivity contribution in [3.05, 3.63) is 264 Å². The normalized spacial score (nSPS) is 18.2. The van der Waals surface area contributed by atoms with Gasteiger partial charge in [-0.05, 0) is 86.8 Å². The zero-order valence-corrected chi connectivity index (χ0v) is 32.6. The standard InChI is InChI=1S/C61H40N2/c1-4-19-41(20-5-1)46-29-18-30-47(42-21-6-2-7-22-42)60(46)63-57-34-17-13-28-51(57)53-40-45(36-38-59(53)63)62-56-33-16-12-27-50(56)52-39-44(35-37-58(52)62)61(43-23-8-3-9-24-43)54-31-14-10-25-48(54)49-26-11-15-32-55(49)61/h1-40H/i1D,2D,4D,5D,6D,7D,12D,13D,16D,17D,19D,20D,21D,22D,27D,28D,33D,34D,35D,36D,37D,38D,39D,40D. The lowest BCUT2D eigenvalue weighted by Gasteiger charge is -2.34. The van der Waals surface area contributed by atoms with Gasteiger partial charge in [-0.15, -0.1) is 0 Å². The topological polar surface area (TPSA) is 9.86 Å². The monoisotopic (exact) mass is 824 g/mol. The molecule has 0 spiro atoms. The van der Waals surface area contributed by atoms with Crippen molar-refractivity contribution in [2.45, 2.75) is 5.41 Å². The summed E-state index contributed by atoms with van der Waals surface area (Å²) in [5.41, 5.74) is -3.28. The van der Waals surface area contributed by atoms with Crippen molar-refractivity contribution in [3.8, 4) is 44.8 Å². The fourth-order valence-corrected chi connectivity index (χ4v) is 9.37. The summed E-state index contributed by atoms with van der Waals surface area (Å²) in [5.74, 6) is 0. The molecule has 0 N–H and O–H groups in total. The van der Waals surface area contributed by atoms with Crippen LogP contribution in [-0.4, -0.2) is 9.13 Å². The van der Waals surface area contributed by atoms with Gasteiger partial charge in [-0.25, -0.2) is 0 Å². The van der Waals surface area contributed by atoms with Gasteiger partial charge in [0.25, 0.3) is 0 Å². The van der Waals surface area contributed by atoms with E-state index in [1.165, 1.54) is 18.2 Å². The second kappa shape index (κ2) is 13.9. The maximum atomic E-state index is 10.5. The van der Waals surface area contributed by atoms with Gasteiger partial charge in [-0.3, -0.25) is 0 Å². The summed E-state index contributed by atoms with van der Waals surface area (Å²) in [5, 5.41) is -1.73. The van der Waals surface area contributed by atoms with Gasteiger partial charge in [0, 0.05) is 38.4 Å². The zero-order valence-electron chi connectivity index (χ0n) is 56.6. The van der Waals surface area contributed by atoms with Crippen LogP contribution in [0.1, 0.15) is 55.2 Å². The lowest BCUT2D eigenvalue weighted by molar-refractivity contribution is 0.770. The fraction of sp³-hybridized carbons (Fsp3) is 0.0164. The molecule has 0 radical (unpaired) electrons. The highest BCUT2D eigenvalue weighted by molar-refractivity contribution is 6.13. The van der Waals surface area contributed by atoms with Gasteiger partial charge in [0.05, 0.1) is 66.1 Å². The van der Waals surface area contributed by atoms with E-state index in [0.29, 0.717) is 16.7 Å². The third kappa shape index (κ3) is 5.13. The number of para-hydroxylation sites is 3. The van der Waals surface area contributed by atoms with Crippen LogP contribution >= 0.6 is 0 Å². The fourth-order valence-electron chi connectivity index (χ4n) is 9.37. The Morgan fingerprint density at radius 3 is 1.44 bits per heavy atom. The molecule has 0 bridgehead atoms. The summed E-state index contributed by atoms with van der Waals surface area (Å²) in [6, 6.07) is 8.58. The smallest absolute Gasteiger partial charge is 0.0713 e. The lowest BCUT2D eigenvalue weighted by Crippen LogP contribution is -2.28. The Kier molecular flexibility index (Phi) is 4.25. The Labute approximate surface area is 399 Å². The molecule has 0 saturated carbocycles. The molecule has 294 valence electrons. The van der Waals surface area contributed by atoms with Crippen LogP contribution in [0.15, 0.2) is 242 Å². The molecular weight excluding hydrogens is 761 g/mol. The van der Waals surface area contributed by atoms with Gasteiger partial charge in [-0.1, -0.05) is 200 Å². The van der Waals surface area contributed by atoms with E-state index in [-0.39, 0.29) is 27.5 Å². The van der Waals surface area contributed by atoms with Crippen molar-refractivity contribution < 1.29 is 32.9 Å². The van der Waals surface area contributed by atoms with Crippen molar-refractivity contribution in [1.82, 2.24) is 9.13 Å². The van der Waals surface area contributed by atoms with Crippen LogP contribution in [0.3, 0.4) is 0 Å². The van der Waals surface area contributed by atoms with Crippen LogP contribution in [0.25, 0.3) is 88.4 Å². The largest absolute Gasteiger partial charge is 0.309 e. The SMILES string of the molecule is [2H]c1c([2H])c([2H])c(-c2cccc(-c3c([2H])c([2H])c([2H])c([2H])c3[2H])c2-n2c3c([2H])c([2H])c([2H])c([2H])c3c3c([2H])c(-n4c5c([2H])c([2H])c([2H])c([2H])c5c5c([2H])c(C6(c7ccccc7)c7ccccc7-c7ccccc76)c([2H])c([2H])c54)c([2H])c([2H])c32)c([2H])c1[2H]. The maximum absolute atomic E-state index is 10.5. The molecule has 10 aromatic carbocycles. The minimum atomic E-state index is -1.52. The Balaban J connectivity index is 1.26. The van der Waals surface area contributed by atoms with E-state index in [0.717, 1.165) is 20.3 Å². The molecular formula is C61H40N2. The van der Waals surface area contributed by atoms with Crippen LogP contribution in [0.4, 0.5) is 0 Å². The quantitative estimate of drug-likeness (QED) is 0.158. The third-order valence-electron chi connectivity index (χ3n) is 11.9. The molecule has 0 unspecified atom stereocenters. The van der Waals surface area contributed by atoms with E-state index < -0.39 is 206 Å². The van der Waals surface area contributed by atoms with Crippen LogP contribution in [-0.2, 0) is 5.41 Å². The first kappa shape index (κ1) is 19.2. The van der Waals surface area contributed by atoms with E-state index >= 15 is 0 Å². The summed E-state index contributed by atoms with van der Waals surface area (Å²) < 4.78 is 227. The van der Waals surface area contributed by atoms with Gasteiger partial charge in [0.2, 0.25) is 0 Å². The minimum absolute atomic E-state index is 0.0457. The van der Waals surface area contributed by atoms with Crippen LogP contribution in [0.2, 0.25) is 0 Å².